The molecule has 2 amide bonds. The molecule has 1 aliphatic heterocycles. The quantitative estimate of drug-likeness (QED) is 0.753. The molecule has 7 nitrogen and oxygen atoms in total. The van der Waals surface area contributed by atoms with Gasteiger partial charge in [0.25, 0.3) is 5.91 Å². The molecular formula is C19H18N2O5. The second-order valence-corrected chi connectivity index (χ2v) is 6.16. The molecule has 0 spiro atoms. The van der Waals surface area contributed by atoms with Gasteiger partial charge in [-0.25, -0.2) is 0 Å². The number of rotatable bonds is 5. The maximum absolute atomic E-state index is 13.0. The topological polar surface area (TPSA) is 121 Å². The highest BCUT2D eigenvalue weighted by Gasteiger charge is 2.44. The van der Waals surface area contributed by atoms with Crippen LogP contribution in [0, 0.1) is 0 Å². The Labute approximate surface area is 149 Å². The number of nitrogens with zero attached hydrogens (tertiary/aromatic N) is 1. The lowest BCUT2D eigenvalue weighted by Gasteiger charge is -2.40. The number of phenols is 1. The van der Waals surface area contributed by atoms with Crippen LogP contribution < -0.4 is 5.73 Å². The van der Waals surface area contributed by atoms with Crippen molar-refractivity contribution in [2.75, 3.05) is 6.54 Å². The molecule has 0 saturated carbocycles. The van der Waals surface area contributed by atoms with Crippen LogP contribution in [0.4, 0.5) is 0 Å². The fraction of sp³-hybridized carbons (Fsp3) is 0.211. The minimum atomic E-state index is -1.10. The first-order chi connectivity index (χ1) is 12.4. The second kappa shape index (κ2) is 6.87. The van der Waals surface area contributed by atoms with Gasteiger partial charge in [0.15, 0.2) is 0 Å². The number of aromatic hydroxyl groups is 1. The van der Waals surface area contributed by atoms with E-state index >= 15 is 0 Å². The Morgan fingerprint density at radius 3 is 2.50 bits per heavy atom. The van der Waals surface area contributed by atoms with E-state index in [0.29, 0.717) is 16.7 Å². The van der Waals surface area contributed by atoms with Gasteiger partial charge < -0.3 is 20.8 Å². The number of nitrogens with two attached hydrogens (primary N) is 1. The zero-order chi connectivity index (χ0) is 18.8. The van der Waals surface area contributed by atoms with E-state index in [1.54, 1.807) is 36.4 Å². The zero-order valence-corrected chi connectivity index (χ0v) is 13.8. The smallest absolute Gasteiger partial charge is 0.313 e. The van der Waals surface area contributed by atoms with Gasteiger partial charge in [-0.1, -0.05) is 30.3 Å². The van der Waals surface area contributed by atoms with Crippen LogP contribution in [-0.4, -0.2) is 39.4 Å². The van der Waals surface area contributed by atoms with Crippen molar-refractivity contribution in [3.05, 3.63) is 65.2 Å². The first-order valence-electron chi connectivity index (χ1n) is 8.10. The number of carbonyl (C=O) groups excluding carboxylic acids is 2. The van der Waals surface area contributed by atoms with Crippen molar-refractivity contribution < 1.29 is 24.6 Å². The van der Waals surface area contributed by atoms with E-state index in [1.807, 2.05) is 0 Å². The van der Waals surface area contributed by atoms with Gasteiger partial charge in [0.1, 0.15) is 11.7 Å². The first-order valence-corrected chi connectivity index (χ1v) is 8.10. The molecule has 0 bridgehead atoms. The molecule has 2 atom stereocenters. The number of phenolic OH excluding ortho intramolecular Hbond substituents is 1. The number of primary amides is 1. The molecule has 1 heterocycles. The molecule has 134 valence electrons. The van der Waals surface area contributed by atoms with E-state index in [1.165, 1.54) is 17.0 Å². The van der Waals surface area contributed by atoms with E-state index in [0.717, 1.165) is 0 Å². The summed E-state index contributed by atoms with van der Waals surface area (Å²) < 4.78 is 0. The second-order valence-electron chi connectivity index (χ2n) is 6.16. The number of hydrogen-bond donors (Lipinski definition) is 3. The predicted octanol–water partition coefficient (Wildman–Crippen LogP) is 1.63. The summed E-state index contributed by atoms with van der Waals surface area (Å²) in [6, 6.07) is 11.8. The summed E-state index contributed by atoms with van der Waals surface area (Å²) in [5, 5.41) is 19.7. The van der Waals surface area contributed by atoms with E-state index in [4.69, 9.17) is 5.73 Å². The highest BCUT2D eigenvalue weighted by atomic mass is 16.4. The minimum absolute atomic E-state index is 0.00734. The van der Waals surface area contributed by atoms with Crippen LogP contribution in [-0.2, 0) is 9.59 Å². The van der Waals surface area contributed by atoms with Gasteiger partial charge in [-0.05, 0) is 29.3 Å². The molecule has 26 heavy (non-hydrogen) atoms. The van der Waals surface area contributed by atoms with E-state index < -0.39 is 23.8 Å². The van der Waals surface area contributed by atoms with Crippen LogP contribution in [0.5, 0.6) is 5.75 Å². The first kappa shape index (κ1) is 17.5. The third-order valence-electron chi connectivity index (χ3n) is 4.52. The summed E-state index contributed by atoms with van der Waals surface area (Å²) in [7, 11) is 0. The van der Waals surface area contributed by atoms with Crippen molar-refractivity contribution in [2.45, 2.75) is 18.4 Å². The predicted molar refractivity (Wildman–Crippen MR) is 92.5 cm³/mol. The lowest BCUT2D eigenvalue weighted by atomic mass is 9.79. The molecule has 3 rings (SSSR count). The Bertz CT molecular complexity index is 880. The molecule has 4 N–H and O–H groups in total. The molecule has 0 aliphatic carbocycles. The SMILES string of the molecule is NC(=O)CCN1C(=O)c2ccccc2C(C(=O)O)C1c1cccc(O)c1. The summed E-state index contributed by atoms with van der Waals surface area (Å²) in [6.45, 7) is -0.00734. The van der Waals surface area contributed by atoms with Gasteiger partial charge in [0, 0.05) is 18.5 Å². The van der Waals surface area contributed by atoms with Gasteiger partial charge >= 0.3 is 5.97 Å². The normalized spacial score (nSPS) is 19.1. The lowest BCUT2D eigenvalue weighted by Crippen LogP contribution is -2.46. The van der Waals surface area contributed by atoms with Crippen molar-refractivity contribution >= 4 is 17.8 Å². The van der Waals surface area contributed by atoms with Crippen LogP contribution in [0.25, 0.3) is 0 Å². The minimum Gasteiger partial charge on any atom is -0.508 e. The summed E-state index contributed by atoms with van der Waals surface area (Å²) in [4.78, 5) is 37.7. The summed E-state index contributed by atoms with van der Waals surface area (Å²) in [5.41, 5.74) is 6.40. The fourth-order valence-electron chi connectivity index (χ4n) is 3.41. The molecule has 0 aromatic heterocycles. The number of carboxylic acid groups (broad SMARTS) is 1. The van der Waals surface area contributed by atoms with Crippen molar-refractivity contribution in [1.29, 1.82) is 0 Å². The Balaban J connectivity index is 2.18. The number of fused-ring (bicyclic) bond motifs is 1. The standard InChI is InChI=1S/C19H18N2O5/c20-15(23)8-9-21-17(11-4-3-5-12(22)10-11)16(19(25)26)13-6-1-2-7-14(13)18(21)24/h1-7,10,16-17,22H,8-9H2,(H2,20,23)(H,25,26). The summed E-state index contributed by atoms with van der Waals surface area (Å²) in [6.07, 6.45) is -0.0877. The Hall–Kier alpha value is -3.35. The molecule has 2 unspecified atom stereocenters. The number of carbonyl (C=O) groups is 3. The van der Waals surface area contributed by atoms with Crippen molar-refractivity contribution in [2.24, 2.45) is 5.73 Å². The van der Waals surface area contributed by atoms with Gasteiger partial charge in [-0.2, -0.15) is 0 Å². The average molecular weight is 354 g/mol. The number of aliphatic carboxylic acids is 1. The van der Waals surface area contributed by atoms with Gasteiger partial charge in [0.2, 0.25) is 5.91 Å². The van der Waals surface area contributed by atoms with Crippen molar-refractivity contribution in [3.8, 4) is 5.75 Å². The van der Waals surface area contributed by atoms with E-state index in [2.05, 4.69) is 0 Å². The van der Waals surface area contributed by atoms with Crippen LogP contribution in [0.3, 0.4) is 0 Å². The van der Waals surface area contributed by atoms with Crippen LogP contribution in [0.1, 0.15) is 39.9 Å². The molecule has 2 aromatic carbocycles. The largest absolute Gasteiger partial charge is 0.508 e. The van der Waals surface area contributed by atoms with Crippen LogP contribution >= 0.6 is 0 Å². The maximum atomic E-state index is 13.0. The lowest BCUT2D eigenvalue weighted by molar-refractivity contribution is -0.140. The highest BCUT2D eigenvalue weighted by Crippen LogP contribution is 2.43. The van der Waals surface area contributed by atoms with Crippen molar-refractivity contribution in [3.63, 3.8) is 0 Å². The molecular weight excluding hydrogens is 336 g/mol. The van der Waals surface area contributed by atoms with Gasteiger partial charge in [0.05, 0.1) is 6.04 Å². The molecule has 7 heteroatoms. The van der Waals surface area contributed by atoms with Crippen LogP contribution in [0.15, 0.2) is 48.5 Å². The highest BCUT2D eigenvalue weighted by molar-refractivity contribution is 6.00. The number of hydrogen-bond acceptors (Lipinski definition) is 4. The van der Waals surface area contributed by atoms with Crippen LogP contribution in [0.2, 0.25) is 0 Å². The molecule has 0 saturated heterocycles. The number of benzene rings is 2. The molecule has 0 fully saturated rings. The molecule has 0 radical (unpaired) electrons. The third-order valence-corrected chi connectivity index (χ3v) is 4.52. The zero-order valence-electron chi connectivity index (χ0n) is 13.8. The Kier molecular flexibility index (Phi) is 4.62. The van der Waals surface area contributed by atoms with Gasteiger partial charge in [-0.3, -0.25) is 14.4 Å². The fourth-order valence-corrected chi connectivity index (χ4v) is 3.41. The van der Waals surface area contributed by atoms with Crippen molar-refractivity contribution in [1.82, 2.24) is 4.90 Å². The average Bonchev–Trinajstić information content (AvgIpc) is 2.60. The molecule has 2 aromatic rings. The van der Waals surface area contributed by atoms with E-state index in [9.17, 15) is 24.6 Å². The Morgan fingerprint density at radius 1 is 1.12 bits per heavy atom. The third kappa shape index (κ3) is 3.11. The Morgan fingerprint density at radius 2 is 1.85 bits per heavy atom. The summed E-state index contributed by atoms with van der Waals surface area (Å²) >= 11 is 0. The van der Waals surface area contributed by atoms with Gasteiger partial charge in [-0.15, -0.1) is 0 Å². The number of carboxylic acids is 1. The van der Waals surface area contributed by atoms with E-state index in [-0.39, 0.29) is 24.6 Å². The number of amides is 2. The molecule has 1 aliphatic rings. The summed E-state index contributed by atoms with van der Waals surface area (Å²) in [5.74, 6) is -3.11. The monoisotopic (exact) mass is 354 g/mol. The maximum Gasteiger partial charge on any atom is 0.313 e.